The van der Waals surface area contributed by atoms with Gasteiger partial charge in [0, 0.05) is 10.4 Å². The first-order valence-corrected chi connectivity index (χ1v) is 9.76. The topological polar surface area (TPSA) is 42.0 Å². The molecule has 4 heteroatoms. The van der Waals surface area contributed by atoms with Crippen molar-refractivity contribution in [1.82, 2.24) is 10.3 Å². The Labute approximate surface area is 159 Å². The maximum Gasteiger partial charge on any atom is 0.227 e. The maximum atomic E-state index is 12.7. The lowest BCUT2D eigenvalue weighted by atomic mass is 9.96. The fraction of sp³-hybridized carbons (Fsp3) is 0.273. The van der Waals surface area contributed by atoms with Crippen LogP contribution in [-0.4, -0.2) is 10.9 Å². The third kappa shape index (κ3) is 4.02. The summed E-state index contributed by atoms with van der Waals surface area (Å²) in [5.41, 5.74) is 4.43. The number of carbonyl (C=O) groups excluding carboxylic acids is 1. The molecular weight excluding hydrogens is 340 g/mol. The minimum absolute atomic E-state index is 0.0731. The first-order chi connectivity index (χ1) is 12.6. The number of amides is 1. The van der Waals surface area contributed by atoms with Gasteiger partial charge in [-0.05, 0) is 31.4 Å². The highest BCUT2D eigenvalue weighted by atomic mass is 32.1. The lowest BCUT2D eigenvalue weighted by Crippen LogP contribution is -2.28. The van der Waals surface area contributed by atoms with Crippen molar-refractivity contribution in [3.63, 3.8) is 0 Å². The molecule has 3 rings (SSSR count). The van der Waals surface area contributed by atoms with Gasteiger partial charge in [-0.15, -0.1) is 11.3 Å². The first-order valence-electron chi connectivity index (χ1n) is 8.95. The van der Waals surface area contributed by atoms with Crippen LogP contribution in [0.1, 0.15) is 41.0 Å². The number of hydrogen-bond acceptors (Lipinski definition) is 3. The van der Waals surface area contributed by atoms with Gasteiger partial charge >= 0.3 is 0 Å². The Kier molecular flexibility index (Phi) is 5.84. The molecule has 1 N–H and O–H groups in total. The van der Waals surface area contributed by atoms with Gasteiger partial charge in [-0.2, -0.15) is 0 Å². The second-order valence-corrected chi connectivity index (χ2v) is 7.52. The van der Waals surface area contributed by atoms with Gasteiger partial charge in [-0.25, -0.2) is 4.98 Å². The van der Waals surface area contributed by atoms with Crippen molar-refractivity contribution in [3.05, 3.63) is 76.3 Å². The van der Waals surface area contributed by atoms with Gasteiger partial charge < -0.3 is 5.32 Å². The van der Waals surface area contributed by atoms with Crippen LogP contribution in [0.15, 0.2) is 54.6 Å². The molecule has 0 aliphatic carbocycles. The molecule has 1 heterocycles. The first kappa shape index (κ1) is 18.3. The zero-order valence-electron chi connectivity index (χ0n) is 15.5. The van der Waals surface area contributed by atoms with Crippen LogP contribution >= 0.6 is 11.3 Å². The maximum absolute atomic E-state index is 12.7. The molecule has 26 heavy (non-hydrogen) atoms. The highest BCUT2D eigenvalue weighted by Gasteiger charge is 2.19. The van der Waals surface area contributed by atoms with E-state index in [4.69, 9.17) is 4.98 Å². The zero-order chi connectivity index (χ0) is 18.5. The van der Waals surface area contributed by atoms with E-state index in [-0.39, 0.29) is 11.8 Å². The number of thiazole rings is 1. The second kappa shape index (κ2) is 8.28. The van der Waals surface area contributed by atoms with Crippen LogP contribution in [0, 0.1) is 13.8 Å². The number of nitrogens with zero attached hydrogens (tertiary/aromatic N) is 1. The van der Waals surface area contributed by atoms with Crippen molar-refractivity contribution >= 4 is 17.2 Å². The van der Waals surface area contributed by atoms with Crippen LogP contribution in [0.2, 0.25) is 0 Å². The number of carbonyl (C=O) groups is 1. The molecule has 3 nitrogen and oxygen atoms in total. The molecule has 0 unspecified atom stereocenters. The summed E-state index contributed by atoms with van der Waals surface area (Å²) < 4.78 is 0. The molecule has 0 fully saturated rings. The highest BCUT2D eigenvalue weighted by molar-refractivity contribution is 7.15. The van der Waals surface area contributed by atoms with Crippen molar-refractivity contribution < 1.29 is 4.79 Å². The van der Waals surface area contributed by atoms with Gasteiger partial charge in [-0.1, -0.05) is 61.5 Å². The van der Waals surface area contributed by atoms with E-state index in [2.05, 4.69) is 24.4 Å². The van der Waals surface area contributed by atoms with Gasteiger partial charge in [0.15, 0.2) is 0 Å². The van der Waals surface area contributed by atoms with Gasteiger partial charge in [0.1, 0.15) is 5.01 Å². The summed E-state index contributed by atoms with van der Waals surface area (Å²) in [6.45, 7) is 6.68. The van der Waals surface area contributed by atoms with E-state index in [1.54, 1.807) is 11.3 Å². The molecule has 0 bridgehead atoms. The molecule has 0 saturated carbocycles. The van der Waals surface area contributed by atoms with E-state index in [9.17, 15) is 4.79 Å². The van der Waals surface area contributed by atoms with Crippen LogP contribution < -0.4 is 5.32 Å². The normalized spacial score (nSPS) is 12.0. The average Bonchev–Trinajstić information content (AvgIpc) is 3.02. The largest absolute Gasteiger partial charge is 0.351 e. The predicted molar refractivity (Wildman–Crippen MR) is 108 cm³/mol. The second-order valence-electron chi connectivity index (χ2n) is 6.43. The molecule has 1 atom stereocenters. The van der Waals surface area contributed by atoms with Crippen LogP contribution in [0.3, 0.4) is 0 Å². The molecule has 0 aliphatic heterocycles. The fourth-order valence-corrected chi connectivity index (χ4v) is 4.16. The number of benzene rings is 2. The fourth-order valence-electron chi connectivity index (χ4n) is 3.07. The Morgan fingerprint density at radius 2 is 1.77 bits per heavy atom. The molecule has 0 saturated heterocycles. The molecule has 0 radical (unpaired) electrons. The summed E-state index contributed by atoms with van der Waals surface area (Å²) in [4.78, 5) is 18.5. The van der Waals surface area contributed by atoms with Crippen LogP contribution in [0.4, 0.5) is 0 Å². The molecule has 2 aromatic carbocycles. The van der Waals surface area contributed by atoms with Gasteiger partial charge in [0.25, 0.3) is 0 Å². The Balaban J connectivity index is 1.72. The minimum atomic E-state index is -0.111. The quantitative estimate of drug-likeness (QED) is 0.650. The summed E-state index contributed by atoms with van der Waals surface area (Å²) in [5.74, 6) is -0.0378. The molecular formula is C22H24N2OS. The van der Waals surface area contributed by atoms with Crippen LogP contribution in [0.25, 0.3) is 10.6 Å². The Morgan fingerprint density at radius 1 is 1.08 bits per heavy atom. The smallest absolute Gasteiger partial charge is 0.227 e. The number of aryl methyl sites for hydroxylation is 2. The third-order valence-corrected chi connectivity index (χ3v) is 5.81. The predicted octanol–water partition coefficient (Wildman–Crippen LogP) is 5.24. The van der Waals surface area contributed by atoms with Crippen molar-refractivity contribution in [3.8, 4) is 10.6 Å². The van der Waals surface area contributed by atoms with Crippen LogP contribution in [-0.2, 0) is 11.3 Å². The molecule has 0 aliphatic rings. The van der Waals surface area contributed by atoms with Gasteiger partial charge in [0.05, 0.1) is 18.2 Å². The summed E-state index contributed by atoms with van der Waals surface area (Å²) in [7, 11) is 0. The van der Waals surface area contributed by atoms with Crippen molar-refractivity contribution in [2.24, 2.45) is 0 Å². The molecule has 0 spiro atoms. The molecule has 1 aromatic heterocycles. The van der Waals surface area contributed by atoms with Crippen molar-refractivity contribution in [2.75, 3.05) is 0 Å². The Morgan fingerprint density at radius 3 is 2.46 bits per heavy atom. The molecule has 134 valence electrons. The summed E-state index contributed by atoms with van der Waals surface area (Å²) >= 11 is 1.66. The minimum Gasteiger partial charge on any atom is -0.351 e. The van der Waals surface area contributed by atoms with Gasteiger partial charge in [0.2, 0.25) is 5.91 Å². The van der Waals surface area contributed by atoms with E-state index in [0.29, 0.717) is 6.54 Å². The summed E-state index contributed by atoms with van der Waals surface area (Å²) in [6, 6.07) is 18.2. The number of aromatic nitrogens is 1. The Hall–Kier alpha value is -2.46. The molecule has 3 aromatic rings. The standard InChI is InChI=1S/C22H24N2OS/c1-4-18(17-11-6-5-7-12-17)21(25)23-14-20-16(3)24-22(26-20)19-13-9-8-10-15(19)2/h5-13,18H,4,14H2,1-3H3,(H,23,25)/t18-/m1/s1. The monoisotopic (exact) mass is 364 g/mol. The van der Waals surface area contributed by atoms with E-state index in [1.807, 2.05) is 56.3 Å². The van der Waals surface area contributed by atoms with Crippen molar-refractivity contribution in [2.45, 2.75) is 39.7 Å². The van der Waals surface area contributed by atoms with Gasteiger partial charge in [-0.3, -0.25) is 4.79 Å². The number of nitrogens with one attached hydrogen (secondary N) is 1. The lowest BCUT2D eigenvalue weighted by Gasteiger charge is -2.15. The number of rotatable bonds is 6. The average molecular weight is 365 g/mol. The third-order valence-electron chi connectivity index (χ3n) is 4.62. The van der Waals surface area contributed by atoms with Crippen molar-refractivity contribution in [1.29, 1.82) is 0 Å². The highest BCUT2D eigenvalue weighted by Crippen LogP contribution is 2.30. The summed E-state index contributed by atoms with van der Waals surface area (Å²) in [6.07, 6.45) is 0.784. The molecule has 1 amide bonds. The van der Waals surface area contributed by atoms with E-state index < -0.39 is 0 Å². The SMILES string of the molecule is CC[C@@H](C(=O)NCc1sc(-c2ccccc2C)nc1C)c1ccccc1. The van der Waals surface area contributed by atoms with E-state index in [0.717, 1.165) is 33.1 Å². The lowest BCUT2D eigenvalue weighted by molar-refractivity contribution is -0.122. The summed E-state index contributed by atoms with van der Waals surface area (Å²) in [5, 5.41) is 4.11. The number of hydrogen-bond donors (Lipinski definition) is 1. The van der Waals surface area contributed by atoms with E-state index >= 15 is 0 Å². The van der Waals surface area contributed by atoms with Crippen LogP contribution in [0.5, 0.6) is 0 Å². The zero-order valence-corrected chi connectivity index (χ0v) is 16.3. The van der Waals surface area contributed by atoms with E-state index in [1.165, 1.54) is 5.56 Å². The Bertz CT molecular complexity index is 886.